The molecular weight excluding hydrogens is 266 g/mol. The number of aromatic nitrogens is 2. The number of nitrogens with one attached hydrogen (secondary N) is 1. The Morgan fingerprint density at radius 1 is 1.33 bits per heavy atom. The molecule has 0 saturated carbocycles. The molecule has 1 aliphatic carbocycles. The summed E-state index contributed by atoms with van der Waals surface area (Å²) in [6, 6.07) is 6.29. The van der Waals surface area contributed by atoms with Gasteiger partial charge in [-0.25, -0.2) is 9.97 Å². The van der Waals surface area contributed by atoms with E-state index in [1.165, 1.54) is 37.2 Å². The van der Waals surface area contributed by atoms with Gasteiger partial charge in [0, 0.05) is 5.69 Å². The highest BCUT2D eigenvalue weighted by Crippen LogP contribution is 2.31. The van der Waals surface area contributed by atoms with Gasteiger partial charge < -0.3 is 15.9 Å². The zero-order chi connectivity index (χ0) is 14.7. The second-order valence-corrected chi connectivity index (χ2v) is 4.86. The largest absolute Gasteiger partial charge is 0.399 e. The quantitative estimate of drug-likeness (QED) is 0.664. The maximum Gasteiger partial charge on any atom is 0.144 e. The molecule has 3 N–H and O–H groups in total. The molecule has 6 heteroatoms. The van der Waals surface area contributed by atoms with Gasteiger partial charge in [-0.1, -0.05) is 17.3 Å². The lowest BCUT2D eigenvalue weighted by molar-refractivity contribution is 0.215. The van der Waals surface area contributed by atoms with Crippen LogP contribution in [0, 0.1) is 0 Å². The Balaban J connectivity index is 1.97. The maximum absolute atomic E-state index is 5.89. The first kappa shape index (κ1) is 13.4. The third-order valence-electron chi connectivity index (χ3n) is 3.60. The molecule has 108 valence electrons. The minimum atomic E-state index is 0.362. The normalized spacial score (nSPS) is 13.4. The highest BCUT2D eigenvalue weighted by molar-refractivity contribution is 5.92. The number of hydrogen-bond donors (Lipinski definition) is 2. The van der Waals surface area contributed by atoms with Crippen molar-refractivity contribution in [3.63, 3.8) is 0 Å². The molecule has 3 rings (SSSR count). The van der Waals surface area contributed by atoms with E-state index >= 15 is 0 Å². The van der Waals surface area contributed by atoms with Gasteiger partial charge in [0.15, 0.2) is 0 Å². The fourth-order valence-corrected chi connectivity index (χ4v) is 2.61. The van der Waals surface area contributed by atoms with E-state index in [-0.39, 0.29) is 0 Å². The van der Waals surface area contributed by atoms with Crippen molar-refractivity contribution in [3.8, 4) is 0 Å². The zero-order valence-corrected chi connectivity index (χ0v) is 11.8. The van der Waals surface area contributed by atoms with Crippen LogP contribution in [0.4, 0.5) is 17.3 Å². The number of fused-ring (bicyclic) bond motifs is 1. The third-order valence-corrected chi connectivity index (χ3v) is 3.60. The number of rotatable bonds is 4. The summed E-state index contributed by atoms with van der Waals surface area (Å²) in [5, 5.41) is 7.10. The van der Waals surface area contributed by atoms with E-state index in [4.69, 9.17) is 10.6 Å². The van der Waals surface area contributed by atoms with Crippen molar-refractivity contribution in [1.82, 2.24) is 9.97 Å². The highest BCUT2D eigenvalue weighted by Gasteiger charge is 2.16. The number of aryl methyl sites for hydroxylation is 1. The number of nitrogen functional groups attached to an aromatic ring is 1. The van der Waals surface area contributed by atoms with Crippen LogP contribution in [0.15, 0.2) is 29.7 Å². The minimum absolute atomic E-state index is 0.362. The van der Waals surface area contributed by atoms with Gasteiger partial charge in [0.25, 0.3) is 0 Å². The highest BCUT2D eigenvalue weighted by atomic mass is 16.6. The number of oxime groups is 1. The van der Waals surface area contributed by atoms with Crippen LogP contribution in [0.5, 0.6) is 0 Å². The molecule has 0 amide bonds. The average Bonchev–Trinajstić information content (AvgIpc) is 2.96. The van der Waals surface area contributed by atoms with E-state index in [1.54, 1.807) is 0 Å². The number of benzene rings is 1. The monoisotopic (exact) mass is 283 g/mol. The fraction of sp³-hybridized carbons (Fsp3) is 0.267. The zero-order valence-electron chi connectivity index (χ0n) is 11.8. The predicted octanol–water partition coefficient (Wildman–Crippen LogP) is 2.27. The molecule has 0 unspecified atom stereocenters. The van der Waals surface area contributed by atoms with Gasteiger partial charge in [0.2, 0.25) is 0 Å². The number of hydrogen-bond acceptors (Lipinski definition) is 6. The SMILES string of the molecule is CO/N=C/c1c(N)ncnc1Nc1cccc2c1CCC2. The van der Waals surface area contributed by atoms with Crippen molar-refractivity contribution >= 4 is 23.5 Å². The molecule has 0 bridgehead atoms. The fourth-order valence-electron chi connectivity index (χ4n) is 2.61. The lowest BCUT2D eigenvalue weighted by Crippen LogP contribution is -2.06. The Morgan fingerprint density at radius 2 is 2.24 bits per heavy atom. The Bertz CT molecular complexity index is 684. The molecule has 0 radical (unpaired) electrons. The van der Waals surface area contributed by atoms with Crippen LogP contribution in [0.3, 0.4) is 0 Å². The Morgan fingerprint density at radius 3 is 3.10 bits per heavy atom. The first-order valence-electron chi connectivity index (χ1n) is 6.84. The molecule has 2 aromatic rings. The maximum atomic E-state index is 5.89. The summed E-state index contributed by atoms with van der Waals surface area (Å²) in [7, 11) is 1.48. The molecule has 0 aliphatic heterocycles. The smallest absolute Gasteiger partial charge is 0.144 e. The van der Waals surface area contributed by atoms with Gasteiger partial charge in [-0.2, -0.15) is 0 Å². The van der Waals surface area contributed by atoms with Gasteiger partial charge in [0.05, 0.1) is 11.8 Å². The second kappa shape index (κ2) is 5.78. The van der Waals surface area contributed by atoms with E-state index < -0.39 is 0 Å². The number of nitrogens with zero attached hydrogens (tertiary/aromatic N) is 3. The van der Waals surface area contributed by atoms with Crippen LogP contribution < -0.4 is 11.1 Å². The van der Waals surface area contributed by atoms with E-state index in [2.05, 4.69) is 38.6 Å². The standard InChI is InChI=1S/C15H17N5O/c1-21-19-8-12-14(16)17-9-18-15(12)20-13-7-3-5-10-4-2-6-11(10)13/h3,5,7-9H,2,4,6H2,1H3,(H3,16,17,18,20)/b19-8+. The predicted molar refractivity (Wildman–Crippen MR) is 82.8 cm³/mol. The van der Waals surface area contributed by atoms with Crippen LogP contribution in [0.1, 0.15) is 23.1 Å². The summed E-state index contributed by atoms with van der Waals surface area (Å²) in [5.41, 5.74) is 10.3. The molecule has 1 aromatic carbocycles. The van der Waals surface area contributed by atoms with E-state index in [0.717, 1.165) is 18.5 Å². The Labute approximate surface area is 123 Å². The van der Waals surface area contributed by atoms with Crippen LogP contribution in [0.2, 0.25) is 0 Å². The van der Waals surface area contributed by atoms with Gasteiger partial charge >= 0.3 is 0 Å². The molecule has 0 saturated heterocycles. The molecule has 1 heterocycles. The molecule has 1 aliphatic rings. The third kappa shape index (κ3) is 2.65. The summed E-state index contributed by atoms with van der Waals surface area (Å²) >= 11 is 0. The second-order valence-electron chi connectivity index (χ2n) is 4.86. The molecule has 1 aromatic heterocycles. The van der Waals surface area contributed by atoms with E-state index in [1.807, 2.05) is 0 Å². The molecule has 21 heavy (non-hydrogen) atoms. The van der Waals surface area contributed by atoms with Gasteiger partial charge in [-0.3, -0.25) is 0 Å². The van der Waals surface area contributed by atoms with Crippen molar-refractivity contribution in [1.29, 1.82) is 0 Å². The van der Waals surface area contributed by atoms with Crippen LogP contribution in [0.25, 0.3) is 0 Å². The Kier molecular flexibility index (Phi) is 3.68. The van der Waals surface area contributed by atoms with Gasteiger partial charge in [0.1, 0.15) is 25.1 Å². The van der Waals surface area contributed by atoms with E-state index in [0.29, 0.717) is 17.2 Å². The number of nitrogens with two attached hydrogens (primary N) is 1. The lowest BCUT2D eigenvalue weighted by Gasteiger charge is -2.13. The topological polar surface area (TPSA) is 85.4 Å². The first-order chi connectivity index (χ1) is 10.3. The summed E-state index contributed by atoms with van der Waals surface area (Å²) in [5.74, 6) is 0.990. The van der Waals surface area contributed by atoms with Crippen molar-refractivity contribution in [3.05, 3.63) is 41.2 Å². The van der Waals surface area contributed by atoms with Crippen molar-refractivity contribution in [2.45, 2.75) is 19.3 Å². The molecule has 0 spiro atoms. The van der Waals surface area contributed by atoms with Crippen molar-refractivity contribution in [2.24, 2.45) is 5.16 Å². The van der Waals surface area contributed by atoms with Gasteiger partial charge in [-0.05, 0) is 36.5 Å². The summed E-state index contributed by atoms with van der Waals surface area (Å²) in [6.07, 6.45) is 6.36. The van der Waals surface area contributed by atoms with Crippen LogP contribution >= 0.6 is 0 Å². The first-order valence-corrected chi connectivity index (χ1v) is 6.84. The summed E-state index contributed by atoms with van der Waals surface area (Å²) in [4.78, 5) is 13.0. The molecular formula is C15H17N5O. The summed E-state index contributed by atoms with van der Waals surface area (Å²) in [6.45, 7) is 0. The van der Waals surface area contributed by atoms with E-state index in [9.17, 15) is 0 Å². The van der Waals surface area contributed by atoms with Crippen LogP contribution in [-0.4, -0.2) is 23.3 Å². The van der Waals surface area contributed by atoms with Crippen molar-refractivity contribution < 1.29 is 4.84 Å². The molecule has 0 atom stereocenters. The minimum Gasteiger partial charge on any atom is -0.399 e. The van der Waals surface area contributed by atoms with Crippen molar-refractivity contribution in [2.75, 3.05) is 18.2 Å². The average molecular weight is 283 g/mol. The molecule has 6 nitrogen and oxygen atoms in total. The van der Waals surface area contributed by atoms with Gasteiger partial charge in [-0.15, -0.1) is 0 Å². The molecule has 0 fully saturated rings. The Hall–Kier alpha value is -2.63. The lowest BCUT2D eigenvalue weighted by atomic mass is 10.1. The number of anilines is 3. The van der Waals surface area contributed by atoms with Crippen LogP contribution in [-0.2, 0) is 17.7 Å². The summed E-state index contributed by atoms with van der Waals surface area (Å²) < 4.78 is 0.